The van der Waals surface area contributed by atoms with Gasteiger partial charge in [-0.3, -0.25) is 0 Å². The van der Waals surface area contributed by atoms with Crippen molar-refractivity contribution < 1.29 is 33.1 Å². The van der Waals surface area contributed by atoms with Gasteiger partial charge in [-0.1, -0.05) is 43.2 Å². The van der Waals surface area contributed by atoms with Gasteiger partial charge in [-0.25, -0.2) is 9.05 Å². The first-order valence-electron chi connectivity index (χ1n) is 14.5. The Morgan fingerprint density at radius 3 is 1.87 bits per heavy atom. The Balaban J connectivity index is 1.21. The molecule has 210 valence electrons. The van der Waals surface area contributed by atoms with E-state index >= 15 is 0 Å². The van der Waals surface area contributed by atoms with E-state index in [-0.39, 0.29) is 12.1 Å². The monoisotopic (exact) mass is 565 g/mol. The van der Waals surface area contributed by atoms with Crippen LogP contribution >= 0.6 is 7.07 Å². The average molecular weight is 566 g/mol. The fraction of sp³-hybridized carbons (Fsp3) is 0.786. The summed E-state index contributed by atoms with van der Waals surface area (Å²) in [5, 5.41) is 11.6. The van der Waals surface area contributed by atoms with Gasteiger partial charge >= 0.3 is 0 Å². The molecule has 0 bridgehead atoms. The summed E-state index contributed by atoms with van der Waals surface area (Å²) < 4.78 is 42.3. The Labute approximate surface area is 231 Å². The van der Waals surface area contributed by atoms with Crippen LogP contribution in [0.2, 0.25) is 0 Å². The SMILES string of the molecule is C[C@@H]1[C@H](c2ccccc2)O[P+]([S-])(OC2[C@H]3OC4(CCCCC4)O[C@@H]3C(O)[C@@H]3OC4(CCCCC4)O[C@H]23)N1C. The van der Waals surface area contributed by atoms with Gasteiger partial charge < -0.3 is 36.3 Å². The van der Waals surface area contributed by atoms with Gasteiger partial charge in [0.2, 0.25) is 7.07 Å². The van der Waals surface area contributed by atoms with Crippen molar-refractivity contribution in [3.63, 3.8) is 0 Å². The molecule has 3 aliphatic carbocycles. The van der Waals surface area contributed by atoms with Crippen LogP contribution in [-0.2, 0) is 40.2 Å². The maximum Gasteiger partial charge on any atom is 0.233 e. The minimum absolute atomic E-state index is 0.0416. The van der Waals surface area contributed by atoms with Crippen LogP contribution in [0.5, 0.6) is 0 Å². The number of aliphatic hydroxyl groups is 1. The van der Waals surface area contributed by atoms with E-state index < -0.39 is 55.3 Å². The number of ether oxygens (including phenoxy) is 4. The molecule has 38 heavy (non-hydrogen) atoms. The van der Waals surface area contributed by atoms with E-state index in [9.17, 15) is 5.11 Å². The minimum atomic E-state index is -2.92. The highest BCUT2D eigenvalue weighted by Crippen LogP contribution is 2.72. The molecule has 1 N–H and O–H groups in total. The summed E-state index contributed by atoms with van der Waals surface area (Å²) >= 11 is 6.21. The van der Waals surface area contributed by atoms with Crippen LogP contribution in [0.3, 0.4) is 0 Å². The molecular formula is C28H40NO7PS. The zero-order valence-electron chi connectivity index (χ0n) is 22.3. The molecule has 7 rings (SSSR count). The third kappa shape index (κ3) is 4.32. The topological polar surface area (TPSA) is 78.9 Å². The smallest absolute Gasteiger partial charge is 0.233 e. The van der Waals surface area contributed by atoms with Crippen LogP contribution in [0.4, 0.5) is 0 Å². The Hall–Kier alpha value is -0.320. The molecule has 1 aromatic carbocycles. The van der Waals surface area contributed by atoms with E-state index in [1.165, 1.54) is 12.8 Å². The van der Waals surface area contributed by atoms with Gasteiger partial charge in [0.25, 0.3) is 0 Å². The standard InChI is InChI=1S/C28H40NO7PS/c1-18-21(19-12-6-3-7-13-19)35-37(38,29(18)2)36-26-24-22(31-27(33-24)14-8-4-9-15-27)20(30)23-25(26)34-28(32-23)16-10-5-11-17-28/h3,6-7,12-13,18,20-26,30H,4-5,8-11,14-17H2,1-2H3/t18-,20?,21-,22-,23+,24+,25+,26?,37?/m1/s1. The molecule has 3 aliphatic heterocycles. The zero-order valence-corrected chi connectivity index (χ0v) is 24.0. The van der Waals surface area contributed by atoms with Crippen LogP contribution in [0, 0.1) is 0 Å². The normalized spacial score (nSPS) is 45.9. The molecule has 0 amide bonds. The molecule has 10 heteroatoms. The maximum absolute atomic E-state index is 11.6. The van der Waals surface area contributed by atoms with Crippen molar-refractivity contribution in [1.29, 1.82) is 0 Å². The molecule has 6 fully saturated rings. The van der Waals surface area contributed by atoms with Crippen molar-refractivity contribution >= 4 is 19.3 Å². The van der Waals surface area contributed by atoms with E-state index in [1.807, 2.05) is 25.2 Å². The Morgan fingerprint density at radius 2 is 1.34 bits per heavy atom. The van der Waals surface area contributed by atoms with Crippen molar-refractivity contribution in [2.75, 3.05) is 7.05 Å². The number of likely N-dealkylation sites (N-methyl/N-ethyl adjacent to an activating group) is 1. The second kappa shape index (κ2) is 9.90. The van der Waals surface area contributed by atoms with Crippen molar-refractivity contribution in [2.45, 2.75) is 131 Å². The second-order valence-corrected chi connectivity index (χ2v) is 15.4. The van der Waals surface area contributed by atoms with Gasteiger partial charge in [-0.2, -0.15) is 0 Å². The molecule has 0 aromatic heterocycles. The molecule has 8 nitrogen and oxygen atoms in total. The zero-order chi connectivity index (χ0) is 26.1. The van der Waals surface area contributed by atoms with Crippen molar-refractivity contribution in [3.05, 3.63) is 35.9 Å². The van der Waals surface area contributed by atoms with Crippen LogP contribution in [0.25, 0.3) is 0 Å². The van der Waals surface area contributed by atoms with Crippen molar-refractivity contribution in [2.24, 2.45) is 0 Å². The lowest BCUT2D eigenvalue weighted by atomic mass is 9.85. The molecule has 6 aliphatic rings. The summed E-state index contributed by atoms with van der Waals surface area (Å²) in [5.41, 5.74) is 1.08. The van der Waals surface area contributed by atoms with Crippen LogP contribution in [0.15, 0.2) is 30.3 Å². The summed E-state index contributed by atoms with van der Waals surface area (Å²) in [6.07, 6.45) is 6.06. The third-order valence-electron chi connectivity index (χ3n) is 9.65. The number of benzene rings is 1. The summed E-state index contributed by atoms with van der Waals surface area (Å²) in [7, 11) is -0.925. The lowest BCUT2D eigenvalue weighted by Crippen LogP contribution is -2.62. The van der Waals surface area contributed by atoms with Gasteiger partial charge in [0.05, 0.1) is 6.04 Å². The highest BCUT2D eigenvalue weighted by atomic mass is 32.7. The van der Waals surface area contributed by atoms with Crippen LogP contribution in [0.1, 0.15) is 82.8 Å². The van der Waals surface area contributed by atoms with E-state index in [0.29, 0.717) is 0 Å². The quantitative estimate of drug-likeness (QED) is 0.405. The van der Waals surface area contributed by atoms with Gasteiger partial charge in [-0.15, -0.1) is 4.67 Å². The molecule has 2 spiro atoms. The predicted octanol–water partition coefficient (Wildman–Crippen LogP) is 4.95. The highest BCUT2D eigenvalue weighted by Gasteiger charge is 2.68. The molecule has 3 unspecified atom stereocenters. The van der Waals surface area contributed by atoms with E-state index in [4.69, 9.17) is 40.2 Å². The van der Waals surface area contributed by atoms with Gasteiger partial charge in [0.1, 0.15) is 36.6 Å². The Kier molecular flexibility index (Phi) is 6.92. The average Bonchev–Trinajstić information content (AvgIpc) is 3.56. The molecule has 9 atom stereocenters. The van der Waals surface area contributed by atoms with Gasteiger partial charge in [-0.05, 0) is 38.2 Å². The highest BCUT2D eigenvalue weighted by molar-refractivity contribution is 8.37. The lowest BCUT2D eigenvalue weighted by Gasteiger charge is -2.42. The Bertz CT molecular complexity index is 966. The summed E-state index contributed by atoms with van der Waals surface area (Å²) in [4.78, 5) is 0. The van der Waals surface area contributed by atoms with Crippen LogP contribution in [-0.4, -0.2) is 71.1 Å². The van der Waals surface area contributed by atoms with Crippen LogP contribution < -0.4 is 0 Å². The first-order valence-corrected chi connectivity index (χ1v) is 17.1. The molecular weight excluding hydrogens is 525 g/mol. The van der Waals surface area contributed by atoms with E-state index in [1.54, 1.807) is 0 Å². The number of hydrogen-bond acceptors (Lipinski definition) is 9. The molecule has 0 radical (unpaired) electrons. The molecule has 1 aromatic rings. The van der Waals surface area contributed by atoms with Gasteiger partial charge in [0, 0.05) is 32.7 Å². The largest absolute Gasteiger partial charge is 0.472 e. The number of hydrogen-bond donors (Lipinski definition) is 1. The number of fused-ring (bicyclic) bond motifs is 2. The molecule has 3 heterocycles. The fourth-order valence-corrected chi connectivity index (χ4v) is 10.5. The predicted molar refractivity (Wildman–Crippen MR) is 144 cm³/mol. The summed E-state index contributed by atoms with van der Waals surface area (Å²) in [5.74, 6) is -1.38. The lowest BCUT2D eigenvalue weighted by molar-refractivity contribution is -0.223. The van der Waals surface area contributed by atoms with Crippen molar-refractivity contribution in [3.8, 4) is 0 Å². The number of rotatable bonds is 3. The van der Waals surface area contributed by atoms with E-state index in [0.717, 1.165) is 56.9 Å². The molecule has 3 saturated carbocycles. The summed E-state index contributed by atoms with van der Waals surface area (Å²) in [6, 6.07) is 10.2. The maximum atomic E-state index is 11.6. The minimum Gasteiger partial charge on any atom is -0.472 e. The second-order valence-electron chi connectivity index (χ2n) is 12.1. The molecule has 3 saturated heterocycles. The number of nitrogens with zero attached hydrogens (tertiary/aromatic N) is 1. The summed E-state index contributed by atoms with van der Waals surface area (Å²) in [6.45, 7) is 2.13. The first kappa shape index (κ1) is 26.6. The Morgan fingerprint density at radius 1 is 0.842 bits per heavy atom. The van der Waals surface area contributed by atoms with Gasteiger partial charge in [0.15, 0.2) is 17.7 Å². The van der Waals surface area contributed by atoms with E-state index in [2.05, 4.69) is 23.7 Å². The van der Waals surface area contributed by atoms with Crippen molar-refractivity contribution in [1.82, 2.24) is 4.67 Å². The third-order valence-corrected chi connectivity index (χ3v) is 13.1. The fourth-order valence-electron chi connectivity index (χ4n) is 7.46. The first-order chi connectivity index (χ1) is 18.3. The number of aliphatic hydroxyl groups excluding tert-OH is 1.